The van der Waals surface area contributed by atoms with Gasteiger partial charge in [0.1, 0.15) is 5.82 Å². The van der Waals surface area contributed by atoms with Crippen molar-refractivity contribution in [2.45, 2.75) is 43.4 Å². The lowest BCUT2D eigenvalue weighted by atomic mass is 9.96. The van der Waals surface area contributed by atoms with E-state index in [0.717, 1.165) is 17.2 Å². The van der Waals surface area contributed by atoms with E-state index < -0.39 is 0 Å². The summed E-state index contributed by atoms with van der Waals surface area (Å²) in [5.41, 5.74) is 0. The maximum atomic E-state index is 4.41. The van der Waals surface area contributed by atoms with Gasteiger partial charge in [-0.2, -0.15) is 0 Å². The minimum absolute atomic E-state index is 0.727. The van der Waals surface area contributed by atoms with Crippen LogP contribution in [-0.4, -0.2) is 14.4 Å². The number of hydrogen-bond donors (Lipinski definition) is 0. The van der Waals surface area contributed by atoms with Gasteiger partial charge >= 0.3 is 0 Å². The van der Waals surface area contributed by atoms with Crippen molar-refractivity contribution in [2.24, 2.45) is 13.0 Å². The molecule has 0 N–H and O–H groups in total. The van der Waals surface area contributed by atoms with Crippen molar-refractivity contribution in [1.29, 1.82) is 0 Å². The Hall–Kier alpha value is -0.310. The molecule has 1 aromatic heterocycles. The number of alkyl halides is 1. The maximum absolute atomic E-state index is 4.41. The van der Waals surface area contributed by atoms with Crippen LogP contribution < -0.4 is 0 Å². The van der Waals surface area contributed by atoms with Crippen LogP contribution >= 0.6 is 15.9 Å². The van der Waals surface area contributed by atoms with Crippen molar-refractivity contribution in [3.05, 3.63) is 18.2 Å². The lowest BCUT2D eigenvalue weighted by molar-refractivity contribution is 0.448. The first kappa shape index (κ1) is 11.2. The second-order valence-electron chi connectivity index (χ2n) is 4.64. The molecule has 1 saturated carbocycles. The monoisotopic (exact) mass is 270 g/mol. The molecule has 1 fully saturated rings. The van der Waals surface area contributed by atoms with Crippen LogP contribution in [0.3, 0.4) is 0 Å². The van der Waals surface area contributed by atoms with E-state index in [2.05, 4.69) is 32.5 Å². The molecule has 0 aromatic carbocycles. The van der Waals surface area contributed by atoms with Gasteiger partial charge in [0.25, 0.3) is 0 Å². The van der Waals surface area contributed by atoms with Crippen LogP contribution in [0.1, 0.15) is 37.9 Å². The summed E-state index contributed by atoms with van der Waals surface area (Å²) >= 11 is 3.77. The molecule has 3 heteroatoms. The number of aryl methyl sites for hydroxylation is 1. The van der Waals surface area contributed by atoms with Crippen LogP contribution in [0, 0.1) is 5.92 Å². The van der Waals surface area contributed by atoms with Crippen molar-refractivity contribution in [2.75, 3.05) is 0 Å². The molecule has 84 valence electrons. The van der Waals surface area contributed by atoms with Gasteiger partial charge in [-0.15, -0.1) is 0 Å². The quantitative estimate of drug-likeness (QED) is 0.596. The van der Waals surface area contributed by atoms with Gasteiger partial charge in [0.05, 0.1) is 0 Å². The smallest absolute Gasteiger partial charge is 0.108 e. The van der Waals surface area contributed by atoms with E-state index in [1.807, 2.05) is 12.4 Å². The number of imidazole rings is 1. The lowest BCUT2D eigenvalue weighted by Gasteiger charge is -2.15. The SMILES string of the molecule is Cn1ccnc1CC1CCCCC(Br)C1. The van der Waals surface area contributed by atoms with Crippen LogP contribution in [0.4, 0.5) is 0 Å². The van der Waals surface area contributed by atoms with Crippen molar-refractivity contribution >= 4 is 15.9 Å². The number of halogens is 1. The summed E-state index contributed by atoms with van der Waals surface area (Å²) in [5, 5.41) is 0. The second-order valence-corrected chi connectivity index (χ2v) is 5.94. The molecule has 1 aromatic rings. The van der Waals surface area contributed by atoms with E-state index in [1.54, 1.807) is 0 Å². The third-order valence-corrected chi connectivity index (χ3v) is 4.19. The first-order valence-corrected chi connectivity index (χ1v) is 6.77. The lowest BCUT2D eigenvalue weighted by Crippen LogP contribution is -2.11. The highest BCUT2D eigenvalue weighted by Gasteiger charge is 2.19. The summed E-state index contributed by atoms with van der Waals surface area (Å²) in [6, 6.07) is 0. The molecule has 2 unspecified atom stereocenters. The Morgan fingerprint density at radius 1 is 1.47 bits per heavy atom. The minimum Gasteiger partial charge on any atom is -0.338 e. The van der Waals surface area contributed by atoms with E-state index in [0.29, 0.717) is 0 Å². The van der Waals surface area contributed by atoms with E-state index in [-0.39, 0.29) is 0 Å². The van der Waals surface area contributed by atoms with Crippen LogP contribution in [-0.2, 0) is 13.5 Å². The average Bonchev–Trinajstić information content (AvgIpc) is 2.48. The Bertz CT molecular complexity index is 308. The highest BCUT2D eigenvalue weighted by atomic mass is 79.9. The van der Waals surface area contributed by atoms with E-state index in [4.69, 9.17) is 0 Å². The molecule has 1 aliphatic carbocycles. The first-order chi connectivity index (χ1) is 7.25. The molecular formula is C12H19BrN2. The minimum atomic E-state index is 0.727. The maximum Gasteiger partial charge on any atom is 0.108 e. The molecule has 0 aliphatic heterocycles. The standard InChI is InChI=1S/C12H19BrN2/c1-15-7-6-14-12(15)9-10-4-2-3-5-11(13)8-10/h6-7,10-11H,2-5,8-9H2,1H3. The van der Waals surface area contributed by atoms with Crippen molar-refractivity contribution in [1.82, 2.24) is 9.55 Å². The van der Waals surface area contributed by atoms with Gasteiger partial charge in [0, 0.05) is 30.7 Å². The Morgan fingerprint density at radius 2 is 2.27 bits per heavy atom. The summed E-state index contributed by atoms with van der Waals surface area (Å²) < 4.78 is 2.15. The van der Waals surface area contributed by atoms with E-state index in [1.165, 1.54) is 37.9 Å². The summed E-state index contributed by atoms with van der Waals surface area (Å²) in [6.45, 7) is 0. The number of rotatable bonds is 2. The van der Waals surface area contributed by atoms with Crippen molar-refractivity contribution in [3.8, 4) is 0 Å². The number of aromatic nitrogens is 2. The van der Waals surface area contributed by atoms with Crippen LogP contribution in [0.15, 0.2) is 12.4 Å². The van der Waals surface area contributed by atoms with Gasteiger partial charge in [0.15, 0.2) is 0 Å². The molecular weight excluding hydrogens is 252 g/mol. The molecule has 2 nitrogen and oxygen atoms in total. The average molecular weight is 271 g/mol. The molecule has 0 spiro atoms. The van der Waals surface area contributed by atoms with Crippen LogP contribution in [0.5, 0.6) is 0 Å². The predicted octanol–water partition coefficient (Wildman–Crippen LogP) is 3.31. The number of hydrogen-bond acceptors (Lipinski definition) is 1. The van der Waals surface area contributed by atoms with Gasteiger partial charge in [0.2, 0.25) is 0 Å². The van der Waals surface area contributed by atoms with Gasteiger partial charge in [-0.1, -0.05) is 28.8 Å². The molecule has 0 amide bonds. The van der Waals surface area contributed by atoms with Crippen LogP contribution in [0.25, 0.3) is 0 Å². The van der Waals surface area contributed by atoms with Gasteiger partial charge in [-0.25, -0.2) is 4.98 Å². The largest absolute Gasteiger partial charge is 0.338 e. The zero-order valence-corrected chi connectivity index (χ0v) is 10.9. The molecule has 2 atom stereocenters. The molecule has 0 bridgehead atoms. The fraction of sp³-hybridized carbons (Fsp3) is 0.750. The van der Waals surface area contributed by atoms with Crippen molar-refractivity contribution < 1.29 is 0 Å². The summed E-state index contributed by atoms with van der Waals surface area (Å²) in [7, 11) is 2.09. The van der Waals surface area contributed by atoms with Crippen molar-refractivity contribution in [3.63, 3.8) is 0 Å². The zero-order valence-electron chi connectivity index (χ0n) is 9.32. The fourth-order valence-corrected chi connectivity index (χ4v) is 3.29. The van der Waals surface area contributed by atoms with E-state index >= 15 is 0 Å². The topological polar surface area (TPSA) is 17.8 Å². The van der Waals surface area contributed by atoms with Gasteiger partial charge < -0.3 is 4.57 Å². The Labute approximate surface area is 100 Å². The highest BCUT2D eigenvalue weighted by molar-refractivity contribution is 9.09. The summed E-state index contributed by atoms with van der Waals surface area (Å²) in [6.07, 6.45) is 11.9. The zero-order chi connectivity index (χ0) is 10.7. The Kier molecular flexibility index (Phi) is 3.84. The summed E-state index contributed by atoms with van der Waals surface area (Å²) in [4.78, 5) is 5.14. The van der Waals surface area contributed by atoms with Crippen LogP contribution in [0.2, 0.25) is 0 Å². The fourth-order valence-electron chi connectivity index (χ4n) is 2.43. The highest BCUT2D eigenvalue weighted by Crippen LogP contribution is 2.29. The van der Waals surface area contributed by atoms with Gasteiger partial charge in [-0.3, -0.25) is 0 Å². The summed E-state index contributed by atoms with van der Waals surface area (Å²) in [5.74, 6) is 2.06. The Balaban J connectivity index is 1.96. The third kappa shape index (κ3) is 3.07. The molecule has 1 aliphatic rings. The molecule has 2 rings (SSSR count). The molecule has 1 heterocycles. The Morgan fingerprint density at radius 3 is 3.00 bits per heavy atom. The number of nitrogens with zero attached hydrogens (tertiary/aromatic N) is 2. The first-order valence-electron chi connectivity index (χ1n) is 5.86. The second kappa shape index (κ2) is 5.15. The molecule has 0 radical (unpaired) electrons. The molecule has 0 saturated heterocycles. The van der Waals surface area contributed by atoms with Gasteiger partial charge in [-0.05, 0) is 25.2 Å². The molecule has 15 heavy (non-hydrogen) atoms. The van der Waals surface area contributed by atoms with E-state index in [9.17, 15) is 0 Å². The normalized spacial score (nSPS) is 27.6. The third-order valence-electron chi connectivity index (χ3n) is 3.36. The predicted molar refractivity (Wildman–Crippen MR) is 66.2 cm³/mol.